The van der Waals surface area contributed by atoms with E-state index in [0.29, 0.717) is 10.6 Å². The number of aromatic hydroxyl groups is 1. The van der Waals surface area contributed by atoms with E-state index in [1.54, 1.807) is 12.1 Å². The standard InChI is InChI=1S/C9H9ClO3/c1-6(11)13-5-7-4-8(10)2-3-9(7)12/h2-4,12H,5H2,1H3. The first kappa shape index (κ1) is 9.86. The maximum Gasteiger partial charge on any atom is 0.302 e. The van der Waals surface area contributed by atoms with Crippen molar-refractivity contribution in [1.82, 2.24) is 0 Å². The molecule has 1 rings (SSSR count). The Hall–Kier alpha value is -1.22. The molecule has 0 aliphatic heterocycles. The van der Waals surface area contributed by atoms with Gasteiger partial charge in [0.2, 0.25) is 0 Å². The number of hydrogen-bond donors (Lipinski definition) is 1. The number of halogens is 1. The Balaban J connectivity index is 2.75. The molecule has 1 N–H and O–H groups in total. The third-order valence-corrected chi connectivity index (χ3v) is 1.71. The van der Waals surface area contributed by atoms with E-state index in [4.69, 9.17) is 16.3 Å². The van der Waals surface area contributed by atoms with Gasteiger partial charge in [-0.05, 0) is 18.2 Å². The molecule has 70 valence electrons. The maximum atomic E-state index is 10.5. The quantitative estimate of drug-likeness (QED) is 0.744. The molecule has 0 heterocycles. The zero-order chi connectivity index (χ0) is 9.84. The van der Waals surface area contributed by atoms with E-state index in [9.17, 15) is 9.90 Å². The second-order valence-electron chi connectivity index (χ2n) is 2.55. The average Bonchev–Trinajstić information content (AvgIpc) is 2.06. The molecule has 1 aromatic carbocycles. The van der Waals surface area contributed by atoms with Gasteiger partial charge in [-0.15, -0.1) is 0 Å². The Morgan fingerprint density at radius 3 is 2.92 bits per heavy atom. The molecule has 0 saturated heterocycles. The molecule has 0 aromatic heterocycles. The lowest BCUT2D eigenvalue weighted by molar-refractivity contribution is -0.142. The molecule has 0 bridgehead atoms. The molecular formula is C9H9ClO3. The summed E-state index contributed by atoms with van der Waals surface area (Å²) in [5.41, 5.74) is 0.503. The van der Waals surface area contributed by atoms with Crippen molar-refractivity contribution < 1.29 is 14.6 Å². The van der Waals surface area contributed by atoms with Crippen molar-refractivity contribution in [2.24, 2.45) is 0 Å². The Labute approximate surface area is 80.9 Å². The van der Waals surface area contributed by atoms with Crippen LogP contribution in [0.5, 0.6) is 5.75 Å². The summed E-state index contributed by atoms with van der Waals surface area (Å²) < 4.78 is 4.71. The number of benzene rings is 1. The van der Waals surface area contributed by atoms with Crippen LogP contribution < -0.4 is 0 Å². The van der Waals surface area contributed by atoms with Crippen LogP contribution in [0.25, 0.3) is 0 Å². The van der Waals surface area contributed by atoms with Gasteiger partial charge in [-0.3, -0.25) is 4.79 Å². The number of hydrogen-bond acceptors (Lipinski definition) is 3. The van der Waals surface area contributed by atoms with E-state index in [2.05, 4.69) is 0 Å². The fourth-order valence-electron chi connectivity index (χ4n) is 0.849. The van der Waals surface area contributed by atoms with Gasteiger partial charge in [-0.25, -0.2) is 0 Å². The van der Waals surface area contributed by atoms with Crippen molar-refractivity contribution in [1.29, 1.82) is 0 Å². The minimum absolute atomic E-state index is 0.0434. The number of carbonyl (C=O) groups is 1. The van der Waals surface area contributed by atoms with Gasteiger partial charge in [0.25, 0.3) is 0 Å². The van der Waals surface area contributed by atoms with Crippen LogP contribution in [0.2, 0.25) is 5.02 Å². The number of ether oxygens (including phenoxy) is 1. The molecule has 3 nitrogen and oxygen atoms in total. The Bertz CT molecular complexity index is 323. The molecule has 0 aliphatic rings. The minimum Gasteiger partial charge on any atom is -0.508 e. The Morgan fingerprint density at radius 1 is 1.62 bits per heavy atom. The van der Waals surface area contributed by atoms with E-state index in [1.807, 2.05) is 0 Å². The molecular weight excluding hydrogens is 192 g/mol. The predicted molar refractivity (Wildman–Crippen MR) is 48.6 cm³/mol. The van der Waals surface area contributed by atoms with Crippen LogP contribution in [0.3, 0.4) is 0 Å². The van der Waals surface area contributed by atoms with Crippen LogP contribution in [0, 0.1) is 0 Å². The smallest absolute Gasteiger partial charge is 0.302 e. The first-order valence-electron chi connectivity index (χ1n) is 3.70. The van der Waals surface area contributed by atoms with Crippen LogP contribution in [-0.4, -0.2) is 11.1 Å². The lowest BCUT2D eigenvalue weighted by Gasteiger charge is -2.04. The van der Waals surface area contributed by atoms with Gasteiger partial charge < -0.3 is 9.84 Å². The van der Waals surface area contributed by atoms with Gasteiger partial charge >= 0.3 is 5.97 Å². The summed E-state index contributed by atoms with van der Waals surface area (Å²) in [6.45, 7) is 1.35. The van der Waals surface area contributed by atoms with E-state index in [-0.39, 0.29) is 18.3 Å². The number of esters is 1. The highest BCUT2D eigenvalue weighted by Crippen LogP contribution is 2.21. The van der Waals surface area contributed by atoms with Gasteiger partial charge in [0, 0.05) is 17.5 Å². The first-order chi connectivity index (χ1) is 6.09. The van der Waals surface area contributed by atoms with Crippen LogP contribution in [0.15, 0.2) is 18.2 Å². The molecule has 13 heavy (non-hydrogen) atoms. The fraction of sp³-hybridized carbons (Fsp3) is 0.222. The van der Waals surface area contributed by atoms with Gasteiger partial charge in [0.1, 0.15) is 12.4 Å². The molecule has 4 heteroatoms. The first-order valence-corrected chi connectivity index (χ1v) is 4.08. The summed E-state index contributed by atoms with van der Waals surface area (Å²) in [5, 5.41) is 9.80. The number of carbonyl (C=O) groups excluding carboxylic acids is 1. The lowest BCUT2D eigenvalue weighted by atomic mass is 10.2. The van der Waals surface area contributed by atoms with E-state index >= 15 is 0 Å². The zero-order valence-corrected chi connectivity index (χ0v) is 7.84. The van der Waals surface area contributed by atoms with E-state index in [1.165, 1.54) is 13.0 Å². The molecule has 1 aromatic rings. The highest BCUT2D eigenvalue weighted by Gasteiger charge is 2.03. The molecule has 0 atom stereocenters. The Kier molecular flexibility index (Phi) is 3.14. The predicted octanol–water partition coefficient (Wildman–Crippen LogP) is 2.11. The summed E-state index contributed by atoms with van der Waals surface area (Å²) in [5.74, 6) is -0.315. The SMILES string of the molecule is CC(=O)OCc1cc(Cl)ccc1O. The summed E-state index contributed by atoms with van der Waals surface area (Å²) >= 11 is 5.68. The van der Waals surface area contributed by atoms with Crippen molar-refractivity contribution in [2.45, 2.75) is 13.5 Å². The summed E-state index contributed by atoms with van der Waals surface area (Å²) in [6, 6.07) is 4.58. The lowest BCUT2D eigenvalue weighted by Crippen LogP contribution is -1.98. The normalized spacial score (nSPS) is 9.69. The van der Waals surface area contributed by atoms with Crippen molar-refractivity contribution in [3.63, 3.8) is 0 Å². The topological polar surface area (TPSA) is 46.5 Å². The van der Waals surface area contributed by atoms with E-state index in [0.717, 1.165) is 0 Å². The van der Waals surface area contributed by atoms with Crippen LogP contribution >= 0.6 is 11.6 Å². The van der Waals surface area contributed by atoms with Crippen LogP contribution in [-0.2, 0) is 16.1 Å². The van der Waals surface area contributed by atoms with Gasteiger partial charge in [-0.1, -0.05) is 11.6 Å². The summed E-state index contributed by atoms with van der Waals surface area (Å²) in [6.07, 6.45) is 0. The number of phenols is 1. The maximum absolute atomic E-state index is 10.5. The van der Waals surface area contributed by atoms with Crippen LogP contribution in [0.4, 0.5) is 0 Å². The van der Waals surface area contributed by atoms with Crippen molar-refractivity contribution >= 4 is 17.6 Å². The average molecular weight is 201 g/mol. The number of phenolic OH excluding ortho intramolecular Hbond substituents is 1. The highest BCUT2D eigenvalue weighted by molar-refractivity contribution is 6.30. The molecule has 0 radical (unpaired) electrons. The molecule has 0 unspecified atom stereocenters. The van der Waals surface area contributed by atoms with Gasteiger partial charge in [0.15, 0.2) is 0 Å². The van der Waals surface area contributed by atoms with Crippen LogP contribution in [0.1, 0.15) is 12.5 Å². The van der Waals surface area contributed by atoms with Gasteiger partial charge in [0.05, 0.1) is 0 Å². The largest absolute Gasteiger partial charge is 0.508 e. The molecule has 0 amide bonds. The van der Waals surface area contributed by atoms with Crippen molar-refractivity contribution in [3.05, 3.63) is 28.8 Å². The van der Waals surface area contributed by atoms with Crippen molar-refractivity contribution in [2.75, 3.05) is 0 Å². The zero-order valence-electron chi connectivity index (χ0n) is 7.08. The van der Waals surface area contributed by atoms with Crippen molar-refractivity contribution in [3.8, 4) is 5.75 Å². The van der Waals surface area contributed by atoms with E-state index < -0.39 is 0 Å². The molecule has 0 fully saturated rings. The Morgan fingerprint density at radius 2 is 2.31 bits per heavy atom. The molecule has 0 saturated carbocycles. The minimum atomic E-state index is -0.389. The summed E-state index contributed by atoms with van der Waals surface area (Å²) in [4.78, 5) is 10.5. The third-order valence-electron chi connectivity index (χ3n) is 1.47. The molecule has 0 spiro atoms. The molecule has 0 aliphatic carbocycles. The fourth-order valence-corrected chi connectivity index (χ4v) is 1.04. The number of rotatable bonds is 2. The summed E-state index contributed by atoms with van der Waals surface area (Å²) in [7, 11) is 0. The highest BCUT2D eigenvalue weighted by atomic mass is 35.5. The second-order valence-corrected chi connectivity index (χ2v) is 2.99. The monoisotopic (exact) mass is 200 g/mol. The third kappa shape index (κ3) is 2.95. The second kappa shape index (κ2) is 4.14. The van der Waals surface area contributed by atoms with Gasteiger partial charge in [-0.2, -0.15) is 0 Å².